The fourth-order valence-electron chi connectivity index (χ4n) is 3.42. The van der Waals surface area contributed by atoms with Crippen molar-refractivity contribution in [3.63, 3.8) is 0 Å². The van der Waals surface area contributed by atoms with Crippen LogP contribution in [0.2, 0.25) is 0 Å². The molecule has 0 aliphatic rings. The van der Waals surface area contributed by atoms with Crippen LogP contribution in [-0.2, 0) is 6.42 Å². The van der Waals surface area contributed by atoms with Crippen LogP contribution in [0.5, 0.6) is 0 Å². The van der Waals surface area contributed by atoms with Gasteiger partial charge in [-0.25, -0.2) is 0 Å². The molecule has 1 aromatic carbocycles. The Kier molecular flexibility index (Phi) is 8.76. The summed E-state index contributed by atoms with van der Waals surface area (Å²) in [6.07, 6.45) is 15.9. The maximum Gasteiger partial charge on any atom is 0.167 e. The normalized spacial score (nSPS) is 11.5. The van der Waals surface area contributed by atoms with Crippen LogP contribution in [0.15, 0.2) is 53.1 Å². The molecule has 29 heavy (non-hydrogen) atoms. The van der Waals surface area contributed by atoms with Gasteiger partial charge in [0.05, 0.1) is 4.88 Å². The number of rotatable bonds is 12. The first-order chi connectivity index (χ1) is 14.3. The molecule has 0 spiro atoms. The van der Waals surface area contributed by atoms with Gasteiger partial charge in [-0.05, 0) is 43.0 Å². The van der Waals surface area contributed by atoms with E-state index in [9.17, 15) is 0 Å². The Hall–Kier alpha value is -2.13. The molecule has 0 aliphatic heterocycles. The standard InChI is InChI=1S/C26H33NOS/c1-3-5-7-8-9-11-12-21-14-16-22(17-15-21)25-20-24(27-28-25)26-19-18-23(29-26)13-10-6-4-2/h10,13-20H,3-9,11-12H2,1-2H3/b13-10+. The zero-order valence-electron chi connectivity index (χ0n) is 17.8. The van der Waals surface area contributed by atoms with Gasteiger partial charge < -0.3 is 4.52 Å². The van der Waals surface area contributed by atoms with Gasteiger partial charge in [-0.3, -0.25) is 0 Å². The summed E-state index contributed by atoms with van der Waals surface area (Å²) >= 11 is 1.75. The molecule has 0 radical (unpaired) electrons. The third-order valence-corrected chi connectivity index (χ3v) is 6.26. The van der Waals surface area contributed by atoms with Crippen molar-refractivity contribution in [3.8, 4) is 21.9 Å². The van der Waals surface area contributed by atoms with Crippen LogP contribution in [0.3, 0.4) is 0 Å². The lowest BCUT2D eigenvalue weighted by molar-refractivity contribution is 0.435. The maximum atomic E-state index is 5.63. The van der Waals surface area contributed by atoms with E-state index < -0.39 is 0 Å². The van der Waals surface area contributed by atoms with Crippen molar-refractivity contribution in [2.24, 2.45) is 0 Å². The zero-order valence-corrected chi connectivity index (χ0v) is 18.6. The zero-order chi connectivity index (χ0) is 20.3. The molecule has 154 valence electrons. The number of aromatic nitrogens is 1. The average Bonchev–Trinajstić information content (AvgIpc) is 3.41. The molecule has 0 bridgehead atoms. The third kappa shape index (κ3) is 6.71. The minimum absolute atomic E-state index is 0.836. The quantitative estimate of drug-likeness (QED) is 0.280. The molecule has 0 aliphatic carbocycles. The fraction of sp³-hybridized carbons (Fsp3) is 0.423. The maximum absolute atomic E-state index is 5.63. The number of nitrogens with zero attached hydrogens (tertiary/aromatic N) is 1. The Bertz CT molecular complexity index is 872. The number of aryl methyl sites for hydroxylation is 1. The van der Waals surface area contributed by atoms with Crippen LogP contribution < -0.4 is 0 Å². The van der Waals surface area contributed by atoms with Crippen molar-refractivity contribution < 1.29 is 4.52 Å². The molecule has 0 saturated carbocycles. The number of hydrogen-bond donors (Lipinski definition) is 0. The van der Waals surface area contributed by atoms with Gasteiger partial charge in [0.1, 0.15) is 5.69 Å². The van der Waals surface area contributed by atoms with Gasteiger partial charge in [0.25, 0.3) is 0 Å². The summed E-state index contributed by atoms with van der Waals surface area (Å²) in [5, 5.41) is 4.29. The molecule has 0 N–H and O–H groups in total. The van der Waals surface area contributed by atoms with Crippen molar-refractivity contribution in [1.29, 1.82) is 0 Å². The van der Waals surface area contributed by atoms with E-state index in [-0.39, 0.29) is 0 Å². The van der Waals surface area contributed by atoms with E-state index in [1.54, 1.807) is 11.3 Å². The van der Waals surface area contributed by atoms with E-state index in [1.165, 1.54) is 55.4 Å². The van der Waals surface area contributed by atoms with Gasteiger partial charge in [0, 0.05) is 16.5 Å². The van der Waals surface area contributed by atoms with E-state index in [2.05, 4.69) is 67.6 Å². The van der Waals surface area contributed by atoms with Crippen molar-refractivity contribution in [1.82, 2.24) is 5.16 Å². The molecule has 3 aromatic rings. The van der Waals surface area contributed by atoms with E-state index in [1.807, 2.05) is 6.07 Å². The third-order valence-electron chi connectivity index (χ3n) is 5.18. The first kappa shape index (κ1) is 21.6. The Morgan fingerprint density at radius 1 is 0.897 bits per heavy atom. The second-order valence-electron chi connectivity index (χ2n) is 7.68. The van der Waals surface area contributed by atoms with Crippen LogP contribution >= 0.6 is 11.3 Å². The predicted octanol–water partition coefficient (Wildman–Crippen LogP) is 8.79. The molecule has 3 heteroatoms. The minimum atomic E-state index is 0.836. The number of unbranched alkanes of at least 4 members (excludes halogenated alkanes) is 6. The van der Waals surface area contributed by atoms with Crippen molar-refractivity contribution in [3.05, 3.63) is 59.0 Å². The smallest absolute Gasteiger partial charge is 0.167 e. The number of thiophene rings is 1. The van der Waals surface area contributed by atoms with E-state index in [0.717, 1.165) is 34.7 Å². The van der Waals surface area contributed by atoms with Gasteiger partial charge in [0.2, 0.25) is 0 Å². The molecular weight excluding hydrogens is 374 g/mol. The molecular formula is C26H33NOS. The molecule has 2 aromatic heterocycles. The second-order valence-corrected chi connectivity index (χ2v) is 8.80. The van der Waals surface area contributed by atoms with Crippen LogP contribution in [0, 0.1) is 0 Å². The SMILES string of the molecule is CCC/C=C/c1ccc(-c2cc(-c3ccc(CCCCCCCC)cc3)on2)s1. The molecule has 0 amide bonds. The van der Waals surface area contributed by atoms with Crippen LogP contribution in [0.1, 0.15) is 75.7 Å². The topological polar surface area (TPSA) is 26.0 Å². The van der Waals surface area contributed by atoms with Gasteiger partial charge >= 0.3 is 0 Å². The highest BCUT2D eigenvalue weighted by molar-refractivity contribution is 7.16. The molecule has 2 heterocycles. The first-order valence-electron chi connectivity index (χ1n) is 11.1. The summed E-state index contributed by atoms with van der Waals surface area (Å²) in [5.74, 6) is 0.836. The van der Waals surface area contributed by atoms with Crippen molar-refractivity contribution in [2.75, 3.05) is 0 Å². The summed E-state index contributed by atoms with van der Waals surface area (Å²) in [7, 11) is 0. The lowest BCUT2D eigenvalue weighted by atomic mass is 10.0. The second kappa shape index (κ2) is 11.8. The fourth-order valence-corrected chi connectivity index (χ4v) is 4.31. The van der Waals surface area contributed by atoms with E-state index >= 15 is 0 Å². The molecule has 3 rings (SSSR count). The number of hydrogen-bond acceptors (Lipinski definition) is 3. The highest BCUT2D eigenvalue weighted by Crippen LogP contribution is 2.31. The summed E-state index contributed by atoms with van der Waals surface area (Å²) < 4.78 is 5.63. The lowest BCUT2D eigenvalue weighted by Crippen LogP contribution is -1.86. The largest absolute Gasteiger partial charge is 0.356 e. The van der Waals surface area contributed by atoms with Gasteiger partial charge in [-0.1, -0.05) is 87.9 Å². The molecule has 0 fully saturated rings. The molecule has 0 saturated heterocycles. The summed E-state index contributed by atoms with van der Waals surface area (Å²) in [6, 6.07) is 15.1. The first-order valence-corrected chi connectivity index (χ1v) is 11.9. The summed E-state index contributed by atoms with van der Waals surface area (Å²) in [5.41, 5.74) is 3.41. The van der Waals surface area contributed by atoms with Crippen LogP contribution in [0.25, 0.3) is 28.0 Å². The monoisotopic (exact) mass is 407 g/mol. The summed E-state index contributed by atoms with van der Waals surface area (Å²) in [4.78, 5) is 2.41. The molecule has 0 atom stereocenters. The Balaban J connectivity index is 1.55. The summed E-state index contributed by atoms with van der Waals surface area (Å²) in [6.45, 7) is 4.46. The Morgan fingerprint density at radius 2 is 1.69 bits per heavy atom. The lowest BCUT2D eigenvalue weighted by Gasteiger charge is -2.03. The van der Waals surface area contributed by atoms with Crippen LogP contribution in [0.4, 0.5) is 0 Å². The van der Waals surface area contributed by atoms with Crippen molar-refractivity contribution >= 4 is 17.4 Å². The number of benzene rings is 1. The Labute approximate surface area is 179 Å². The highest BCUT2D eigenvalue weighted by Gasteiger charge is 2.10. The van der Waals surface area contributed by atoms with E-state index in [0.29, 0.717) is 0 Å². The minimum Gasteiger partial charge on any atom is -0.356 e. The number of allylic oxidation sites excluding steroid dienone is 1. The molecule has 0 unspecified atom stereocenters. The predicted molar refractivity (Wildman–Crippen MR) is 126 cm³/mol. The van der Waals surface area contributed by atoms with E-state index in [4.69, 9.17) is 4.52 Å². The van der Waals surface area contributed by atoms with Crippen LogP contribution in [-0.4, -0.2) is 5.16 Å². The Morgan fingerprint density at radius 3 is 2.48 bits per heavy atom. The average molecular weight is 408 g/mol. The molecule has 2 nitrogen and oxygen atoms in total. The van der Waals surface area contributed by atoms with Gasteiger partial charge in [-0.15, -0.1) is 11.3 Å². The van der Waals surface area contributed by atoms with Gasteiger partial charge in [-0.2, -0.15) is 0 Å². The van der Waals surface area contributed by atoms with Gasteiger partial charge in [0.15, 0.2) is 5.76 Å². The van der Waals surface area contributed by atoms with Crippen molar-refractivity contribution in [2.45, 2.75) is 71.6 Å². The highest BCUT2D eigenvalue weighted by atomic mass is 32.1.